The van der Waals surface area contributed by atoms with Gasteiger partial charge in [0.05, 0.1) is 5.60 Å². The fourth-order valence-electron chi connectivity index (χ4n) is 2.06. The summed E-state index contributed by atoms with van der Waals surface area (Å²) >= 11 is 0. The van der Waals surface area contributed by atoms with Gasteiger partial charge in [-0.05, 0) is 39.7 Å². The topological polar surface area (TPSA) is 23.5 Å². The van der Waals surface area contributed by atoms with E-state index in [2.05, 4.69) is 24.0 Å². The summed E-state index contributed by atoms with van der Waals surface area (Å²) in [6.07, 6.45) is 8.29. The van der Waals surface area contributed by atoms with Crippen molar-refractivity contribution in [2.24, 2.45) is 0 Å². The molecule has 82 valence electrons. The third-order valence-electron chi connectivity index (χ3n) is 2.69. The Morgan fingerprint density at radius 2 is 2.21 bits per heavy atom. The maximum atomic E-state index is 9.78. The van der Waals surface area contributed by atoms with E-state index in [0.717, 1.165) is 13.1 Å². The molecule has 1 atom stereocenters. The third kappa shape index (κ3) is 3.81. The van der Waals surface area contributed by atoms with Gasteiger partial charge >= 0.3 is 0 Å². The molecule has 0 fully saturated rings. The van der Waals surface area contributed by atoms with Crippen molar-refractivity contribution >= 4 is 0 Å². The zero-order valence-corrected chi connectivity index (χ0v) is 9.66. The highest BCUT2D eigenvalue weighted by molar-refractivity contribution is 4.99. The van der Waals surface area contributed by atoms with E-state index in [1.165, 1.54) is 19.3 Å². The molecule has 0 aromatic rings. The Balaban J connectivity index is 2.52. The van der Waals surface area contributed by atoms with E-state index < -0.39 is 5.60 Å². The number of allylic oxidation sites excluding steroid dienone is 1. The molecule has 0 bridgehead atoms. The molecular formula is C12H23NO. The standard InChI is InChI=1S/C12H23NO/c1-4-13(10-12(2,3)14)11-8-6-5-7-9-11/h6,8,11,14H,4-5,7,9-10H2,1-3H3. The lowest BCUT2D eigenvalue weighted by Crippen LogP contribution is -2.44. The summed E-state index contributed by atoms with van der Waals surface area (Å²) in [7, 11) is 0. The largest absolute Gasteiger partial charge is 0.389 e. The predicted octanol–water partition coefficient (Wildman–Crippen LogP) is 2.19. The zero-order chi connectivity index (χ0) is 10.6. The van der Waals surface area contributed by atoms with Crippen molar-refractivity contribution in [3.05, 3.63) is 12.2 Å². The Morgan fingerprint density at radius 3 is 2.64 bits per heavy atom. The molecule has 2 nitrogen and oxygen atoms in total. The minimum absolute atomic E-state index is 0.542. The molecule has 0 aromatic heterocycles. The van der Waals surface area contributed by atoms with E-state index in [1.807, 2.05) is 13.8 Å². The van der Waals surface area contributed by atoms with Crippen molar-refractivity contribution in [1.29, 1.82) is 0 Å². The van der Waals surface area contributed by atoms with E-state index in [-0.39, 0.29) is 0 Å². The fourth-order valence-corrected chi connectivity index (χ4v) is 2.06. The second-order valence-corrected chi connectivity index (χ2v) is 4.80. The molecule has 0 radical (unpaired) electrons. The highest BCUT2D eigenvalue weighted by atomic mass is 16.3. The first-order valence-electron chi connectivity index (χ1n) is 5.66. The summed E-state index contributed by atoms with van der Waals surface area (Å²) in [5.74, 6) is 0. The van der Waals surface area contributed by atoms with Gasteiger partial charge in [-0.25, -0.2) is 0 Å². The smallest absolute Gasteiger partial charge is 0.0718 e. The first-order valence-corrected chi connectivity index (χ1v) is 5.66. The zero-order valence-electron chi connectivity index (χ0n) is 9.66. The van der Waals surface area contributed by atoms with Gasteiger partial charge in [0.2, 0.25) is 0 Å². The quantitative estimate of drug-likeness (QED) is 0.698. The van der Waals surface area contributed by atoms with Gasteiger partial charge in [-0.1, -0.05) is 19.1 Å². The van der Waals surface area contributed by atoms with Crippen LogP contribution in [-0.4, -0.2) is 34.7 Å². The van der Waals surface area contributed by atoms with Crippen LogP contribution in [0.2, 0.25) is 0 Å². The Bertz CT molecular complexity index is 193. The molecule has 14 heavy (non-hydrogen) atoms. The molecule has 2 heteroatoms. The van der Waals surface area contributed by atoms with E-state index in [4.69, 9.17) is 0 Å². The van der Waals surface area contributed by atoms with Crippen LogP contribution in [0.4, 0.5) is 0 Å². The summed E-state index contributed by atoms with van der Waals surface area (Å²) in [6, 6.07) is 0.542. The molecule has 1 aliphatic rings. The average Bonchev–Trinajstić information content (AvgIpc) is 2.14. The lowest BCUT2D eigenvalue weighted by molar-refractivity contribution is 0.0274. The lowest BCUT2D eigenvalue weighted by Gasteiger charge is -2.34. The third-order valence-corrected chi connectivity index (χ3v) is 2.69. The van der Waals surface area contributed by atoms with E-state index >= 15 is 0 Å². The van der Waals surface area contributed by atoms with Crippen LogP contribution in [-0.2, 0) is 0 Å². The van der Waals surface area contributed by atoms with Crippen molar-refractivity contribution in [1.82, 2.24) is 4.90 Å². The van der Waals surface area contributed by atoms with Crippen molar-refractivity contribution in [3.8, 4) is 0 Å². The van der Waals surface area contributed by atoms with Gasteiger partial charge in [0, 0.05) is 12.6 Å². The van der Waals surface area contributed by atoms with Crippen molar-refractivity contribution in [2.45, 2.75) is 51.7 Å². The molecular weight excluding hydrogens is 174 g/mol. The van der Waals surface area contributed by atoms with Crippen molar-refractivity contribution < 1.29 is 5.11 Å². The lowest BCUT2D eigenvalue weighted by atomic mass is 9.99. The molecule has 0 aliphatic heterocycles. The maximum Gasteiger partial charge on any atom is 0.0718 e. The Kier molecular flexibility index (Phi) is 4.14. The first kappa shape index (κ1) is 11.7. The highest BCUT2D eigenvalue weighted by Gasteiger charge is 2.22. The Labute approximate surface area is 87.6 Å². The SMILES string of the molecule is CCN(CC(C)(C)O)C1C=CCCC1. The van der Waals surface area contributed by atoms with Gasteiger partial charge in [0.25, 0.3) is 0 Å². The molecule has 0 saturated heterocycles. The van der Waals surface area contributed by atoms with E-state index in [1.54, 1.807) is 0 Å². The van der Waals surface area contributed by atoms with Crippen molar-refractivity contribution in [2.75, 3.05) is 13.1 Å². The van der Waals surface area contributed by atoms with Gasteiger partial charge in [-0.2, -0.15) is 0 Å². The van der Waals surface area contributed by atoms with Gasteiger partial charge in [-0.3, -0.25) is 4.90 Å². The van der Waals surface area contributed by atoms with Gasteiger partial charge < -0.3 is 5.11 Å². The second kappa shape index (κ2) is 4.94. The van der Waals surface area contributed by atoms with Gasteiger partial charge in [0.1, 0.15) is 0 Å². The molecule has 0 spiro atoms. The minimum atomic E-state index is -0.582. The Morgan fingerprint density at radius 1 is 1.50 bits per heavy atom. The fraction of sp³-hybridized carbons (Fsp3) is 0.833. The molecule has 1 aliphatic carbocycles. The van der Waals surface area contributed by atoms with Crippen LogP contribution < -0.4 is 0 Å². The number of nitrogens with zero attached hydrogens (tertiary/aromatic N) is 1. The molecule has 0 aromatic carbocycles. The van der Waals surface area contributed by atoms with E-state index in [9.17, 15) is 5.11 Å². The van der Waals surface area contributed by atoms with Crippen LogP contribution >= 0.6 is 0 Å². The van der Waals surface area contributed by atoms with Gasteiger partial charge in [-0.15, -0.1) is 0 Å². The summed E-state index contributed by atoms with van der Waals surface area (Å²) in [6.45, 7) is 7.69. The predicted molar refractivity (Wildman–Crippen MR) is 60.3 cm³/mol. The summed E-state index contributed by atoms with van der Waals surface area (Å²) in [4.78, 5) is 2.36. The highest BCUT2D eigenvalue weighted by Crippen LogP contribution is 2.18. The monoisotopic (exact) mass is 197 g/mol. The maximum absolute atomic E-state index is 9.78. The molecule has 1 rings (SSSR count). The number of likely N-dealkylation sites (N-methyl/N-ethyl adjacent to an activating group) is 1. The van der Waals surface area contributed by atoms with Crippen LogP contribution in [0.5, 0.6) is 0 Å². The molecule has 0 amide bonds. The second-order valence-electron chi connectivity index (χ2n) is 4.80. The van der Waals surface area contributed by atoms with Crippen LogP contribution in [0.25, 0.3) is 0 Å². The molecule has 1 N–H and O–H groups in total. The number of hydrogen-bond donors (Lipinski definition) is 1. The van der Waals surface area contributed by atoms with Gasteiger partial charge in [0.15, 0.2) is 0 Å². The van der Waals surface area contributed by atoms with Crippen LogP contribution in [0.3, 0.4) is 0 Å². The van der Waals surface area contributed by atoms with Crippen LogP contribution in [0.1, 0.15) is 40.0 Å². The number of hydrogen-bond acceptors (Lipinski definition) is 2. The number of rotatable bonds is 4. The summed E-state index contributed by atoms with van der Waals surface area (Å²) in [5.41, 5.74) is -0.582. The summed E-state index contributed by atoms with van der Waals surface area (Å²) in [5, 5.41) is 9.78. The first-order chi connectivity index (χ1) is 6.53. The average molecular weight is 197 g/mol. The minimum Gasteiger partial charge on any atom is -0.389 e. The van der Waals surface area contributed by atoms with Crippen LogP contribution in [0.15, 0.2) is 12.2 Å². The molecule has 0 saturated carbocycles. The number of aliphatic hydroxyl groups is 1. The van der Waals surface area contributed by atoms with Crippen LogP contribution in [0, 0.1) is 0 Å². The molecule has 0 heterocycles. The normalized spacial score (nSPS) is 23.1. The van der Waals surface area contributed by atoms with E-state index in [0.29, 0.717) is 6.04 Å². The molecule has 1 unspecified atom stereocenters. The van der Waals surface area contributed by atoms with Crippen molar-refractivity contribution in [3.63, 3.8) is 0 Å². The summed E-state index contributed by atoms with van der Waals surface area (Å²) < 4.78 is 0. The Hall–Kier alpha value is -0.340.